The van der Waals surface area contributed by atoms with Crippen LogP contribution < -0.4 is 5.73 Å². The van der Waals surface area contributed by atoms with Gasteiger partial charge in [-0.25, -0.2) is 0 Å². The van der Waals surface area contributed by atoms with Gasteiger partial charge in [0, 0.05) is 10.9 Å². The van der Waals surface area contributed by atoms with E-state index < -0.39 is 10.8 Å². The Labute approximate surface area is 94.3 Å². The van der Waals surface area contributed by atoms with Crippen molar-refractivity contribution in [1.82, 2.24) is 0 Å². The quantitative estimate of drug-likeness (QED) is 0.801. The minimum Gasteiger partial charge on any atom is -0.398 e. The van der Waals surface area contributed by atoms with Crippen molar-refractivity contribution in [2.45, 2.75) is 43.8 Å². The number of hydrogen-bond acceptors (Lipinski definition) is 2. The molecule has 0 amide bonds. The molecule has 0 aliphatic heterocycles. The standard InChI is InChI=1S/C12H19NOS/c1-4-10(5-2)15(14)12-8-9(3)6-7-11(12)13/h6-8,10H,4-5,13H2,1-3H3. The molecule has 15 heavy (non-hydrogen) atoms. The molecule has 84 valence electrons. The number of aryl methyl sites for hydroxylation is 1. The number of hydrogen-bond donors (Lipinski definition) is 1. The lowest BCUT2D eigenvalue weighted by Crippen LogP contribution is -2.14. The SMILES string of the molecule is CCC(CC)S(=O)c1cc(C)ccc1N. The van der Waals surface area contributed by atoms with Gasteiger partial charge in [0.25, 0.3) is 0 Å². The third-order valence-electron chi connectivity index (χ3n) is 2.60. The van der Waals surface area contributed by atoms with E-state index in [1.54, 1.807) is 0 Å². The molecule has 1 unspecified atom stereocenters. The molecule has 0 spiro atoms. The number of anilines is 1. The van der Waals surface area contributed by atoms with Crippen molar-refractivity contribution in [3.8, 4) is 0 Å². The first kappa shape index (κ1) is 12.2. The Morgan fingerprint density at radius 1 is 1.33 bits per heavy atom. The predicted octanol–water partition coefficient (Wildman–Crippen LogP) is 2.87. The van der Waals surface area contributed by atoms with Crippen LogP contribution in [0.3, 0.4) is 0 Å². The van der Waals surface area contributed by atoms with E-state index >= 15 is 0 Å². The van der Waals surface area contributed by atoms with E-state index in [2.05, 4.69) is 13.8 Å². The van der Waals surface area contributed by atoms with Gasteiger partial charge < -0.3 is 5.73 Å². The van der Waals surface area contributed by atoms with Crippen LogP contribution in [-0.4, -0.2) is 9.46 Å². The second-order valence-electron chi connectivity index (χ2n) is 3.78. The van der Waals surface area contributed by atoms with Gasteiger partial charge >= 0.3 is 0 Å². The molecular weight excluding hydrogens is 206 g/mol. The molecule has 0 aromatic heterocycles. The summed E-state index contributed by atoms with van der Waals surface area (Å²) in [5.41, 5.74) is 7.60. The van der Waals surface area contributed by atoms with Crippen LogP contribution in [0.4, 0.5) is 5.69 Å². The summed E-state index contributed by atoms with van der Waals surface area (Å²) in [5.74, 6) is 0. The van der Waals surface area contributed by atoms with Gasteiger partial charge in [-0.15, -0.1) is 0 Å². The smallest absolute Gasteiger partial charge is 0.0622 e. The predicted molar refractivity (Wildman–Crippen MR) is 66.4 cm³/mol. The van der Waals surface area contributed by atoms with Crippen LogP contribution in [0.1, 0.15) is 32.3 Å². The summed E-state index contributed by atoms with van der Waals surface area (Å²) in [5, 5.41) is 0.217. The molecule has 0 aliphatic rings. The summed E-state index contributed by atoms with van der Waals surface area (Å²) >= 11 is 0. The monoisotopic (exact) mass is 225 g/mol. The fourth-order valence-electron chi connectivity index (χ4n) is 1.59. The van der Waals surface area contributed by atoms with Gasteiger partial charge in [0.15, 0.2) is 0 Å². The summed E-state index contributed by atoms with van der Waals surface area (Å²) in [6.07, 6.45) is 1.85. The Balaban J connectivity index is 3.04. The molecule has 1 aromatic rings. The van der Waals surface area contributed by atoms with Crippen LogP contribution in [0.15, 0.2) is 23.1 Å². The molecule has 2 nitrogen and oxygen atoms in total. The zero-order valence-electron chi connectivity index (χ0n) is 9.62. The lowest BCUT2D eigenvalue weighted by Gasteiger charge is -2.14. The van der Waals surface area contributed by atoms with Gasteiger partial charge in [0.1, 0.15) is 0 Å². The van der Waals surface area contributed by atoms with Gasteiger partial charge in [0.05, 0.1) is 15.7 Å². The minimum atomic E-state index is -0.968. The van der Waals surface area contributed by atoms with Crippen molar-refractivity contribution in [1.29, 1.82) is 0 Å². The van der Waals surface area contributed by atoms with Crippen molar-refractivity contribution in [2.24, 2.45) is 0 Å². The van der Waals surface area contributed by atoms with Gasteiger partial charge in [0.2, 0.25) is 0 Å². The fraction of sp³-hybridized carbons (Fsp3) is 0.500. The minimum absolute atomic E-state index is 0.217. The zero-order valence-corrected chi connectivity index (χ0v) is 10.4. The van der Waals surface area contributed by atoms with Crippen molar-refractivity contribution in [2.75, 3.05) is 5.73 Å². The van der Waals surface area contributed by atoms with Crippen LogP contribution in [0, 0.1) is 6.92 Å². The summed E-state index contributed by atoms with van der Waals surface area (Å²) < 4.78 is 12.2. The summed E-state index contributed by atoms with van der Waals surface area (Å²) in [4.78, 5) is 0.795. The highest BCUT2D eigenvalue weighted by Gasteiger charge is 2.16. The normalized spacial score (nSPS) is 13.1. The molecule has 0 aliphatic carbocycles. The lowest BCUT2D eigenvalue weighted by molar-refractivity contribution is 0.658. The number of benzene rings is 1. The maximum Gasteiger partial charge on any atom is 0.0622 e. The van der Waals surface area contributed by atoms with E-state index in [-0.39, 0.29) is 5.25 Å². The van der Waals surface area contributed by atoms with Crippen LogP contribution in [0.25, 0.3) is 0 Å². The van der Waals surface area contributed by atoms with Gasteiger partial charge in [-0.05, 0) is 37.5 Å². The van der Waals surface area contributed by atoms with Gasteiger partial charge in [-0.2, -0.15) is 0 Å². The summed E-state index contributed by atoms with van der Waals surface area (Å²) in [6, 6.07) is 5.72. The molecule has 2 N–H and O–H groups in total. The van der Waals surface area contributed by atoms with E-state index in [4.69, 9.17) is 5.73 Å². The van der Waals surface area contributed by atoms with Crippen LogP contribution in [-0.2, 0) is 10.8 Å². The molecule has 1 rings (SSSR count). The maximum atomic E-state index is 12.2. The lowest BCUT2D eigenvalue weighted by atomic mass is 10.2. The summed E-state index contributed by atoms with van der Waals surface area (Å²) in [7, 11) is -0.968. The van der Waals surface area contributed by atoms with Crippen LogP contribution >= 0.6 is 0 Å². The van der Waals surface area contributed by atoms with Crippen molar-refractivity contribution < 1.29 is 4.21 Å². The Bertz CT molecular complexity index is 359. The second kappa shape index (κ2) is 5.31. The molecule has 0 radical (unpaired) electrons. The largest absolute Gasteiger partial charge is 0.398 e. The number of nitrogens with two attached hydrogens (primary N) is 1. The average Bonchev–Trinajstić information content (AvgIpc) is 2.23. The molecule has 0 saturated carbocycles. The van der Waals surface area contributed by atoms with Gasteiger partial charge in [-0.1, -0.05) is 19.9 Å². The molecule has 0 bridgehead atoms. The van der Waals surface area contributed by atoms with E-state index in [1.807, 2.05) is 25.1 Å². The van der Waals surface area contributed by atoms with E-state index in [0.717, 1.165) is 23.3 Å². The first-order valence-corrected chi connectivity index (χ1v) is 6.58. The molecule has 0 saturated heterocycles. The van der Waals surface area contributed by atoms with E-state index in [1.165, 1.54) is 0 Å². The number of nitrogen functional groups attached to an aromatic ring is 1. The Morgan fingerprint density at radius 3 is 2.47 bits per heavy atom. The topological polar surface area (TPSA) is 43.1 Å². The van der Waals surface area contributed by atoms with Crippen molar-refractivity contribution >= 4 is 16.5 Å². The first-order chi connectivity index (χ1) is 7.10. The molecular formula is C12H19NOS. The third-order valence-corrected chi connectivity index (χ3v) is 4.66. The Hall–Kier alpha value is -0.830. The molecule has 0 heterocycles. The molecule has 1 atom stereocenters. The zero-order chi connectivity index (χ0) is 11.4. The highest BCUT2D eigenvalue weighted by atomic mass is 32.2. The highest BCUT2D eigenvalue weighted by Crippen LogP contribution is 2.23. The second-order valence-corrected chi connectivity index (χ2v) is 5.48. The van der Waals surface area contributed by atoms with Crippen LogP contribution in [0.5, 0.6) is 0 Å². The van der Waals surface area contributed by atoms with Gasteiger partial charge in [-0.3, -0.25) is 4.21 Å². The third kappa shape index (κ3) is 2.81. The summed E-state index contributed by atoms with van der Waals surface area (Å²) in [6.45, 7) is 6.13. The Morgan fingerprint density at radius 2 is 1.93 bits per heavy atom. The fourth-order valence-corrected chi connectivity index (χ4v) is 3.15. The van der Waals surface area contributed by atoms with Crippen LogP contribution in [0.2, 0.25) is 0 Å². The average molecular weight is 225 g/mol. The molecule has 1 aromatic carbocycles. The molecule has 3 heteroatoms. The van der Waals surface area contributed by atoms with E-state index in [0.29, 0.717) is 5.69 Å². The van der Waals surface area contributed by atoms with Crippen molar-refractivity contribution in [3.63, 3.8) is 0 Å². The number of rotatable bonds is 4. The Kier molecular flexibility index (Phi) is 4.33. The first-order valence-electron chi connectivity index (χ1n) is 5.36. The highest BCUT2D eigenvalue weighted by molar-refractivity contribution is 7.85. The molecule has 0 fully saturated rings. The maximum absolute atomic E-state index is 12.2. The van der Waals surface area contributed by atoms with E-state index in [9.17, 15) is 4.21 Å². The van der Waals surface area contributed by atoms with Crippen molar-refractivity contribution in [3.05, 3.63) is 23.8 Å².